The molecule has 4 heteroatoms. The first-order valence-corrected chi connectivity index (χ1v) is 6.69. The van der Waals surface area contributed by atoms with Crippen LogP contribution in [0.4, 0.5) is 11.6 Å². The molecular weight excluding hydrogens is 212 g/mol. The number of hydrogen-bond donors (Lipinski definition) is 1. The highest BCUT2D eigenvalue weighted by molar-refractivity contribution is 5.41. The molecule has 2 heterocycles. The van der Waals surface area contributed by atoms with E-state index in [0.29, 0.717) is 11.9 Å². The van der Waals surface area contributed by atoms with E-state index in [9.17, 15) is 0 Å². The third-order valence-corrected chi connectivity index (χ3v) is 4.20. The third-order valence-electron chi connectivity index (χ3n) is 4.20. The third kappa shape index (κ3) is 2.08. The Morgan fingerprint density at radius 2 is 1.88 bits per heavy atom. The van der Waals surface area contributed by atoms with Gasteiger partial charge in [-0.1, -0.05) is 12.8 Å². The SMILES string of the molecule is Nc1cnc(N2CCCC3CCCCC32)cn1. The highest BCUT2D eigenvalue weighted by atomic mass is 15.2. The van der Waals surface area contributed by atoms with Crippen molar-refractivity contribution in [3.05, 3.63) is 12.4 Å². The van der Waals surface area contributed by atoms with Crippen molar-refractivity contribution in [1.82, 2.24) is 9.97 Å². The Bertz CT molecular complexity index is 374. The summed E-state index contributed by atoms with van der Waals surface area (Å²) in [5.74, 6) is 2.39. The highest BCUT2D eigenvalue weighted by Crippen LogP contribution is 2.36. The van der Waals surface area contributed by atoms with Crippen LogP contribution in [0.3, 0.4) is 0 Å². The molecule has 1 saturated heterocycles. The summed E-state index contributed by atoms with van der Waals surface area (Å²) in [6, 6.07) is 0.690. The highest BCUT2D eigenvalue weighted by Gasteiger charge is 2.33. The Morgan fingerprint density at radius 1 is 1.06 bits per heavy atom. The van der Waals surface area contributed by atoms with Gasteiger partial charge >= 0.3 is 0 Å². The molecule has 2 fully saturated rings. The zero-order valence-corrected chi connectivity index (χ0v) is 10.2. The van der Waals surface area contributed by atoms with E-state index < -0.39 is 0 Å². The summed E-state index contributed by atoms with van der Waals surface area (Å²) < 4.78 is 0. The average molecular weight is 232 g/mol. The number of anilines is 2. The summed E-state index contributed by atoms with van der Waals surface area (Å²) in [4.78, 5) is 11.1. The molecule has 4 nitrogen and oxygen atoms in total. The van der Waals surface area contributed by atoms with Gasteiger partial charge in [0.25, 0.3) is 0 Å². The largest absolute Gasteiger partial charge is 0.382 e. The summed E-state index contributed by atoms with van der Waals surface area (Å²) in [7, 11) is 0. The summed E-state index contributed by atoms with van der Waals surface area (Å²) in [6.07, 6.45) is 11.6. The van der Waals surface area contributed by atoms with E-state index in [1.54, 1.807) is 6.20 Å². The van der Waals surface area contributed by atoms with Crippen LogP contribution in [0.1, 0.15) is 38.5 Å². The van der Waals surface area contributed by atoms with Crippen molar-refractivity contribution in [3.8, 4) is 0 Å². The van der Waals surface area contributed by atoms with E-state index in [-0.39, 0.29) is 0 Å². The van der Waals surface area contributed by atoms with Gasteiger partial charge in [-0.05, 0) is 31.6 Å². The number of piperidine rings is 1. The van der Waals surface area contributed by atoms with Crippen LogP contribution in [0, 0.1) is 5.92 Å². The molecule has 1 aromatic heterocycles. The van der Waals surface area contributed by atoms with Crippen molar-refractivity contribution in [2.45, 2.75) is 44.6 Å². The number of nitrogens with zero attached hydrogens (tertiary/aromatic N) is 3. The Balaban J connectivity index is 1.83. The van der Waals surface area contributed by atoms with Gasteiger partial charge < -0.3 is 10.6 Å². The van der Waals surface area contributed by atoms with Crippen molar-refractivity contribution in [2.75, 3.05) is 17.2 Å². The van der Waals surface area contributed by atoms with Gasteiger partial charge in [-0.3, -0.25) is 0 Å². The van der Waals surface area contributed by atoms with Crippen LogP contribution in [0.15, 0.2) is 12.4 Å². The minimum Gasteiger partial charge on any atom is -0.382 e. The summed E-state index contributed by atoms with van der Waals surface area (Å²) in [6.45, 7) is 1.12. The van der Waals surface area contributed by atoms with Gasteiger partial charge in [-0.25, -0.2) is 9.97 Å². The van der Waals surface area contributed by atoms with Crippen molar-refractivity contribution in [3.63, 3.8) is 0 Å². The molecule has 2 unspecified atom stereocenters. The van der Waals surface area contributed by atoms with Gasteiger partial charge in [0.15, 0.2) is 0 Å². The minimum absolute atomic E-state index is 0.506. The number of hydrogen-bond acceptors (Lipinski definition) is 4. The average Bonchev–Trinajstić information content (AvgIpc) is 2.39. The Kier molecular flexibility index (Phi) is 2.87. The van der Waals surface area contributed by atoms with Crippen molar-refractivity contribution in [2.24, 2.45) is 5.92 Å². The van der Waals surface area contributed by atoms with E-state index in [0.717, 1.165) is 18.3 Å². The fraction of sp³-hybridized carbons (Fsp3) is 0.692. The van der Waals surface area contributed by atoms with Crippen LogP contribution in [-0.2, 0) is 0 Å². The molecule has 2 atom stereocenters. The minimum atomic E-state index is 0.506. The molecular formula is C13H20N4. The molecule has 0 amide bonds. The maximum absolute atomic E-state index is 5.60. The van der Waals surface area contributed by atoms with Gasteiger partial charge in [0.2, 0.25) is 0 Å². The first kappa shape index (κ1) is 10.8. The molecule has 1 aromatic rings. The second-order valence-corrected chi connectivity index (χ2v) is 5.25. The predicted octanol–water partition coefficient (Wildman–Crippen LogP) is 2.22. The second kappa shape index (κ2) is 4.51. The van der Waals surface area contributed by atoms with Crippen LogP contribution in [0.5, 0.6) is 0 Å². The Hall–Kier alpha value is -1.32. The van der Waals surface area contributed by atoms with Crippen molar-refractivity contribution in [1.29, 1.82) is 0 Å². The van der Waals surface area contributed by atoms with Gasteiger partial charge in [0.1, 0.15) is 11.6 Å². The molecule has 0 radical (unpaired) electrons. The molecule has 17 heavy (non-hydrogen) atoms. The van der Waals surface area contributed by atoms with E-state index in [1.165, 1.54) is 38.5 Å². The number of nitrogens with two attached hydrogens (primary N) is 1. The molecule has 1 aliphatic heterocycles. The molecule has 2 aliphatic rings. The normalized spacial score (nSPS) is 28.8. The molecule has 0 spiro atoms. The van der Waals surface area contributed by atoms with E-state index in [2.05, 4.69) is 14.9 Å². The smallest absolute Gasteiger partial charge is 0.147 e. The topological polar surface area (TPSA) is 55.0 Å². The predicted molar refractivity (Wildman–Crippen MR) is 68.8 cm³/mol. The lowest BCUT2D eigenvalue weighted by molar-refractivity contribution is 0.242. The molecule has 1 aliphatic carbocycles. The zero-order valence-electron chi connectivity index (χ0n) is 10.2. The van der Waals surface area contributed by atoms with E-state index in [4.69, 9.17) is 5.73 Å². The fourth-order valence-electron chi connectivity index (χ4n) is 3.39. The quantitative estimate of drug-likeness (QED) is 0.806. The van der Waals surface area contributed by atoms with Gasteiger partial charge in [0, 0.05) is 12.6 Å². The monoisotopic (exact) mass is 232 g/mol. The number of rotatable bonds is 1. The Morgan fingerprint density at radius 3 is 2.71 bits per heavy atom. The van der Waals surface area contributed by atoms with Crippen LogP contribution >= 0.6 is 0 Å². The fourth-order valence-corrected chi connectivity index (χ4v) is 3.39. The maximum atomic E-state index is 5.60. The molecule has 3 rings (SSSR count). The maximum Gasteiger partial charge on any atom is 0.147 e. The van der Waals surface area contributed by atoms with Crippen LogP contribution in [-0.4, -0.2) is 22.6 Å². The lowest BCUT2D eigenvalue weighted by Gasteiger charge is -2.44. The number of fused-ring (bicyclic) bond motifs is 1. The standard InChI is InChI=1S/C13H20N4/c14-12-8-16-13(9-15-12)17-7-3-5-10-4-1-2-6-11(10)17/h8-11H,1-7H2,(H2,14,15). The summed E-state index contributed by atoms with van der Waals surface area (Å²) in [5.41, 5.74) is 5.60. The summed E-state index contributed by atoms with van der Waals surface area (Å²) in [5, 5.41) is 0. The molecule has 0 bridgehead atoms. The number of nitrogen functional groups attached to an aromatic ring is 1. The van der Waals surface area contributed by atoms with E-state index >= 15 is 0 Å². The van der Waals surface area contributed by atoms with Crippen molar-refractivity contribution < 1.29 is 0 Å². The lowest BCUT2D eigenvalue weighted by atomic mass is 9.78. The Labute approximate surface area is 102 Å². The first-order chi connectivity index (χ1) is 8.34. The lowest BCUT2D eigenvalue weighted by Crippen LogP contribution is -2.47. The summed E-state index contributed by atoms with van der Waals surface area (Å²) >= 11 is 0. The molecule has 2 N–H and O–H groups in total. The van der Waals surface area contributed by atoms with E-state index in [1.807, 2.05) is 6.20 Å². The van der Waals surface area contributed by atoms with Crippen molar-refractivity contribution >= 4 is 11.6 Å². The first-order valence-electron chi connectivity index (χ1n) is 6.69. The molecule has 92 valence electrons. The zero-order chi connectivity index (χ0) is 11.7. The second-order valence-electron chi connectivity index (χ2n) is 5.25. The van der Waals surface area contributed by atoms with Gasteiger partial charge in [0.05, 0.1) is 12.4 Å². The van der Waals surface area contributed by atoms with Crippen LogP contribution < -0.4 is 10.6 Å². The van der Waals surface area contributed by atoms with Crippen LogP contribution in [0.2, 0.25) is 0 Å². The van der Waals surface area contributed by atoms with Gasteiger partial charge in [-0.15, -0.1) is 0 Å². The van der Waals surface area contributed by atoms with Crippen LogP contribution in [0.25, 0.3) is 0 Å². The van der Waals surface area contributed by atoms with Gasteiger partial charge in [-0.2, -0.15) is 0 Å². The number of aromatic nitrogens is 2. The molecule has 1 saturated carbocycles. The molecule has 0 aromatic carbocycles.